The van der Waals surface area contributed by atoms with Crippen molar-refractivity contribution in [3.8, 4) is 0 Å². The number of carbonyl (C=O) groups excluding carboxylic acids is 5. The van der Waals surface area contributed by atoms with Crippen molar-refractivity contribution in [1.29, 1.82) is 0 Å². The molecule has 2 bridgehead atoms. The molecule has 0 radical (unpaired) electrons. The number of nitrogens with zero attached hydrogens (tertiary/aromatic N) is 1. The fraction of sp³-hybridized carbons (Fsp3) is 0.700. The monoisotopic (exact) mass is 896 g/mol. The number of hydrogen-bond donors (Lipinski definition) is 3. The molecule has 3 aliphatic heterocycles. The SMILES string of the molecule is CCC1C=C(C)CC(C)CC(OC)C2OC(O)(C(=O)C(=O)N3CCCCC3C(=O)OC(C(C)=CC3CCC(OCC(=O)c4ccccc4)C(O)C3)C(C)C(O)CC1=O)C(C)CC2OC. The van der Waals surface area contributed by atoms with Crippen LogP contribution in [0.25, 0.3) is 0 Å². The number of fused-ring (bicyclic) bond motifs is 3. The van der Waals surface area contributed by atoms with Crippen molar-refractivity contribution in [2.75, 3.05) is 27.4 Å². The van der Waals surface area contributed by atoms with Gasteiger partial charge in [-0.15, -0.1) is 0 Å². The van der Waals surface area contributed by atoms with Gasteiger partial charge < -0.3 is 43.9 Å². The molecule has 1 aromatic carbocycles. The van der Waals surface area contributed by atoms with Crippen LogP contribution in [0.4, 0.5) is 0 Å². The highest BCUT2D eigenvalue weighted by molar-refractivity contribution is 6.39. The molecule has 64 heavy (non-hydrogen) atoms. The third-order valence-electron chi connectivity index (χ3n) is 14.1. The lowest BCUT2D eigenvalue weighted by Crippen LogP contribution is -2.64. The van der Waals surface area contributed by atoms with Gasteiger partial charge in [-0.25, -0.2) is 4.79 Å². The number of hydrogen-bond acceptors (Lipinski definition) is 13. The minimum atomic E-state index is -2.53. The van der Waals surface area contributed by atoms with E-state index in [1.54, 1.807) is 45.0 Å². The number of benzene rings is 1. The minimum Gasteiger partial charge on any atom is -0.456 e. The molecule has 5 rings (SSSR count). The van der Waals surface area contributed by atoms with Crippen LogP contribution >= 0.6 is 0 Å². The zero-order valence-electron chi connectivity index (χ0n) is 39.1. The second kappa shape index (κ2) is 23.2. The van der Waals surface area contributed by atoms with E-state index in [-0.39, 0.29) is 55.8 Å². The maximum atomic E-state index is 14.4. The van der Waals surface area contributed by atoms with Crippen molar-refractivity contribution in [2.45, 2.75) is 167 Å². The van der Waals surface area contributed by atoms with Gasteiger partial charge in [0.15, 0.2) is 5.78 Å². The summed E-state index contributed by atoms with van der Waals surface area (Å²) in [6.45, 7) is 10.9. The summed E-state index contributed by atoms with van der Waals surface area (Å²) in [4.78, 5) is 70.8. The predicted octanol–water partition coefficient (Wildman–Crippen LogP) is 5.73. The number of ketones is 3. The van der Waals surface area contributed by atoms with Crippen LogP contribution in [0.3, 0.4) is 0 Å². The standard InChI is InChI=1S/C50H73NO13/c1-9-35-22-29(2)21-30(3)23-43(60-7)46-44(61-8)25-32(5)50(59,64-46)47(56)48(57)51-20-14-13-17-37(51)49(58)63-45(33(6)38(52)27-39(35)53)31(4)24-34-18-19-42(40(54)26-34)62-28-41(55)36-15-11-10-12-16-36/h10-12,15-16,22,24,30,32-35,37-38,40,42-46,52,54,59H,9,13-14,17-21,23,25-28H2,1-8H3. The first kappa shape index (κ1) is 51.4. The Hall–Kier alpha value is -3.63. The van der Waals surface area contributed by atoms with Crippen LogP contribution in [0.1, 0.15) is 123 Å². The van der Waals surface area contributed by atoms with E-state index in [4.69, 9.17) is 23.7 Å². The van der Waals surface area contributed by atoms with Gasteiger partial charge in [0, 0.05) is 50.5 Å². The smallest absolute Gasteiger partial charge is 0.329 e. The van der Waals surface area contributed by atoms with Crippen molar-refractivity contribution in [1.82, 2.24) is 4.90 Å². The molecule has 0 aromatic heterocycles. The van der Waals surface area contributed by atoms with Gasteiger partial charge >= 0.3 is 5.97 Å². The Morgan fingerprint density at radius 1 is 0.906 bits per heavy atom. The summed E-state index contributed by atoms with van der Waals surface area (Å²) in [6, 6.07) is 7.64. The molecule has 0 spiro atoms. The van der Waals surface area contributed by atoms with Crippen molar-refractivity contribution < 1.29 is 63.0 Å². The molecular formula is C50H73NO13. The Morgan fingerprint density at radius 3 is 2.25 bits per heavy atom. The van der Waals surface area contributed by atoms with Crippen molar-refractivity contribution in [2.24, 2.45) is 29.6 Å². The van der Waals surface area contributed by atoms with Gasteiger partial charge in [0.05, 0.1) is 30.5 Å². The second-order valence-electron chi connectivity index (χ2n) is 19.0. The number of ether oxygens (including phenoxy) is 5. The third-order valence-corrected chi connectivity index (χ3v) is 14.1. The maximum Gasteiger partial charge on any atom is 0.329 e. The molecule has 2 saturated heterocycles. The molecule has 1 amide bonds. The van der Waals surface area contributed by atoms with E-state index in [2.05, 4.69) is 0 Å². The molecule has 1 aliphatic carbocycles. The molecule has 1 aromatic rings. The summed E-state index contributed by atoms with van der Waals surface area (Å²) < 4.78 is 30.2. The van der Waals surface area contributed by atoms with Crippen molar-refractivity contribution in [3.05, 3.63) is 59.2 Å². The highest BCUT2D eigenvalue weighted by Gasteiger charge is 2.56. The number of piperidine rings is 1. The molecule has 14 unspecified atom stereocenters. The number of esters is 1. The lowest BCUT2D eigenvalue weighted by Gasteiger charge is -2.47. The van der Waals surface area contributed by atoms with Crippen LogP contribution in [0, 0.1) is 29.6 Å². The zero-order valence-corrected chi connectivity index (χ0v) is 39.1. The number of methoxy groups -OCH3 is 2. The van der Waals surface area contributed by atoms with Gasteiger partial charge in [-0.3, -0.25) is 19.2 Å². The summed E-state index contributed by atoms with van der Waals surface area (Å²) in [7, 11) is 3.05. The number of amides is 1. The second-order valence-corrected chi connectivity index (χ2v) is 19.0. The third kappa shape index (κ3) is 12.4. The largest absolute Gasteiger partial charge is 0.456 e. The van der Waals surface area contributed by atoms with E-state index in [1.807, 2.05) is 39.0 Å². The predicted molar refractivity (Wildman–Crippen MR) is 238 cm³/mol. The fourth-order valence-electron chi connectivity index (χ4n) is 10.2. The fourth-order valence-corrected chi connectivity index (χ4v) is 10.2. The summed E-state index contributed by atoms with van der Waals surface area (Å²) in [5, 5.41) is 35.0. The Morgan fingerprint density at radius 2 is 1.59 bits per heavy atom. The molecule has 14 nitrogen and oxygen atoms in total. The van der Waals surface area contributed by atoms with Crippen molar-refractivity contribution >= 4 is 29.2 Å². The molecular weight excluding hydrogens is 823 g/mol. The molecule has 14 atom stereocenters. The Kier molecular flexibility index (Phi) is 18.6. The average Bonchev–Trinajstić information content (AvgIpc) is 3.28. The molecule has 356 valence electrons. The first-order valence-electron chi connectivity index (χ1n) is 23.4. The molecule has 3 heterocycles. The topological polar surface area (TPSA) is 195 Å². The van der Waals surface area contributed by atoms with Crippen LogP contribution in [0.15, 0.2) is 53.6 Å². The summed E-state index contributed by atoms with van der Waals surface area (Å²) in [5.74, 6) is -8.14. The molecule has 1 saturated carbocycles. The Balaban J connectivity index is 1.44. The number of carbonyl (C=O) groups is 5. The Bertz CT molecular complexity index is 1830. The van der Waals surface area contributed by atoms with E-state index in [0.717, 1.165) is 5.57 Å². The quantitative estimate of drug-likeness (QED) is 0.118. The highest BCUT2D eigenvalue weighted by Crippen LogP contribution is 2.39. The van der Waals surface area contributed by atoms with E-state index in [9.17, 15) is 39.3 Å². The van der Waals surface area contributed by atoms with E-state index < -0.39 is 90.0 Å². The number of cyclic esters (lactones) is 1. The van der Waals surface area contributed by atoms with Gasteiger partial charge in [-0.05, 0) is 95.5 Å². The number of rotatable bonds is 9. The first-order valence-corrected chi connectivity index (χ1v) is 23.4. The van der Waals surface area contributed by atoms with Crippen LogP contribution in [0.5, 0.6) is 0 Å². The van der Waals surface area contributed by atoms with E-state index >= 15 is 0 Å². The van der Waals surface area contributed by atoms with Gasteiger partial charge in [0.1, 0.15) is 30.6 Å². The molecule has 14 heteroatoms. The van der Waals surface area contributed by atoms with Crippen LogP contribution in [-0.2, 0) is 42.9 Å². The van der Waals surface area contributed by atoms with Gasteiger partial charge in [0.2, 0.25) is 5.79 Å². The Labute approximate surface area is 379 Å². The summed E-state index contributed by atoms with van der Waals surface area (Å²) in [5.41, 5.74) is 2.09. The lowest BCUT2D eigenvalue weighted by atomic mass is 9.81. The molecule has 3 N–H and O–H groups in total. The summed E-state index contributed by atoms with van der Waals surface area (Å²) in [6.07, 6.45) is 2.35. The van der Waals surface area contributed by atoms with Gasteiger partial charge in [-0.2, -0.15) is 0 Å². The minimum absolute atomic E-state index is 0.0136. The number of allylic oxidation sites excluding steroid dienone is 3. The van der Waals surface area contributed by atoms with Crippen LogP contribution in [-0.4, -0.2) is 131 Å². The van der Waals surface area contributed by atoms with E-state index in [1.165, 1.54) is 19.1 Å². The van der Waals surface area contributed by atoms with Gasteiger partial charge in [0.25, 0.3) is 11.7 Å². The van der Waals surface area contributed by atoms with Gasteiger partial charge in [-0.1, -0.05) is 75.8 Å². The van der Waals surface area contributed by atoms with Crippen molar-refractivity contribution in [3.63, 3.8) is 0 Å². The first-order chi connectivity index (χ1) is 30.4. The number of aliphatic hydroxyl groups excluding tert-OH is 2. The summed E-state index contributed by atoms with van der Waals surface area (Å²) >= 11 is 0. The average molecular weight is 896 g/mol. The maximum absolute atomic E-state index is 14.4. The zero-order chi connectivity index (χ0) is 46.9. The van der Waals surface area contributed by atoms with Crippen LogP contribution in [0.2, 0.25) is 0 Å². The van der Waals surface area contributed by atoms with Crippen LogP contribution < -0.4 is 0 Å². The normalized spacial score (nSPS) is 36.9. The lowest BCUT2D eigenvalue weighted by molar-refractivity contribution is -0.302. The number of aliphatic hydroxyl groups is 3. The molecule has 4 aliphatic rings. The van der Waals surface area contributed by atoms with E-state index in [0.29, 0.717) is 62.5 Å². The number of Topliss-reactive ketones (excluding diaryl/α,β-unsaturated/α-hetero) is 3. The highest BCUT2D eigenvalue weighted by atomic mass is 16.7. The molecule has 3 fully saturated rings.